The molecule has 2 rings (SSSR count). The Balaban J connectivity index is 2.53. The molecule has 66 valence electrons. The quantitative estimate of drug-likeness (QED) is 0.833. The first kappa shape index (κ1) is 8.31. The fourth-order valence-electron chi connectivity index (χ4n) is 1.09. The maximum Gasteiger partial charge on any atom is 0.209 e. The molecule has 0 aliphatic carbocycles. The van der Waals surface area contributed by atoms with Crippen LogP contribution in [0.3, 0.4) is 0 Å². The predicted molar refractivity (Wildman–Crippen MR) is 51.3 cm³/mol. The molecule has 1 aromatic carbocycles. The van der Waals surface area contributed by atoms with Crippen molar-refractivity contribution < 1.29 is 9.63 Å². The minimum atomic E-state index is 0.227. The summed E-state index contributed by atoms with van der Waals surface area (Å²) in [6, 6.07) is 6.91. The van der Waals surface area contributed by atoms with E-state index in [0.29, 0.717) is 4.67 Å². The molecule has 0 saturated carbocycles. The molecule has 0 saturated heterocycles. The van der Waals surface area contributed by atoms with Crippen molar-refractivity contribution in [3.05, 3.63) is 35.1 Å². The second-order valence-electron chi connectivity index (χ2n) is 2.56. The summed E-state index contributed by atoms with van der Waals surface area (Å²) in [4.78, 5) is 0. The Morgan fingerprint density at radius 1 is 1.38 bits per heavy atom. The lowest BCUT2D eigenvalue weighted by molar-refractivity contribution is 0.400. The highest BCUT2D eigenvalue weighted by Crippen LogP contribution is 2.29. The smallest absolute Gasteiger partial charge is 0.209 e. The standard InChI is InChI=1S/C9H6BrNO2/c10-9-8(5-11-13-9)6-2-1-3-7(12)4-6/h1-5,12H. The summed E-state index contributed by atoms with van der Waals surface area (Å²) < 4.78 is 5.41. The molecule has 0 atom stereocenters. The molecule has 0 bridgehead atoms. The number of benzene rings is 1. The van der Waals surface area contributed by atoms with Gasteiger partial charge in [-0.25, -0.2) is 0 Å². The van der Waals surface area contributed by atoms with Crippen molar-refractivity contribution >= 4 is 15.9 Å². The third-order valence-electron chi connectivity index (χ3n) is 1.68. The van der Waals surface area contributed by atoms with Gasteiger partial charge < -0.3 is 9.63 Å². The molecule has 1 heterocycles. The Morgan fingerprint density at radius 2 is 2.23 bits per heavy atom. The van der Waals surface area contributed by atoms with Gasteiger partial charge in [0, 0.05) is 0 Å². The van der Waals surface area contributed by atoms with E-state index in [2.05, 4.69) is 21.1 Å². The van der Waals surface area contributed by atoms with E-state index in [1.54, 1.807) is 24.4 Å². The van der Waals surface area contributed by atoms with Gasteiger partial charge in [0.25, 0.3) is 0 Å². The van der Waals surface area contributed by atoms with Crippen LogP contribution in [0.2, 0.25) is 0 Å². The number of hydrogen-bond donors (Lipinski definition) is 1. The number of phenolic OH excluding ortho intramolecular Hbond substituents is 1. The van der Waals surface area contributed by atoms with Crippen LogP contribution in [0.25, 0.3) is 11.1 Å². The third kappa shape index (κ3) is 1.58. The number of aromatic hydroxyl groups is 1. The molecule has 0 fully saturated rings. The number of rotatable bonds is 1. The minimum absolute atomic E-state index is 0.227. The molecular formula is C9H6BrNO2. The molecule has 3 nitrogen and oxygen atoms in total. The molecule has 0 spiro atoms. The first-order valence-corrected chi connectivity index (χ1v) is 4.46. The zero-order chi connectivity index (χ0) is 9.26. The number of nitrogens with zero attached hydrogens (tertiary/aromatic N) is 1. The van der Waals surface area contributed by atoms with Gasteiger partial charge in [-0.3, -0.25) is 0 Å². The van der Waals surface area contributed by atoms with E-state index < -0.39 is 0 Å². The average molecular weight is 240 g/mol. The zero-order valence-corrected chi connectivity index (χ0v) is 8.15. The van der Waals surface area contributed by atoms with Crippen molar-refractivity contribution in [2.75, 3.05) is 0 Å². The monoisotopic (exact) mass is 239 g/mol. The zero-order valence-electron chi connectivity index (χ0n) is 6.57. The van der Waals surface area contributed by atoms with E-state index in [4.69, 9.17) is 4.52 Å². The number of hydrogen-bond acceptors (Lipinski definition) is 3. The molecule has 1 aromatic heterocycles. The lowest BCUT2D eigenvalue weighted by Gasteiger charge is -1.97. The van der Waals surface area contributed by atoms with Crippen molar-refractivity contribution in [1.29, 1.82) is 0 Å². The van der Waals surface area contributed by atoms with E-state index in [1.165, 1.54) is 0 Å². The molecule has 0 radical (unpaired) electrons. The van der Waals surface area contributed by atoms with E-state index in [9.17, 15) is 5.11 Å². The van der Waals surface area contributed by atoms with Crippen molar-refractivity contribution in [2.24, 2.45) is 0 Å². The van der Waals surface area contributed by atoms with Crippen molar-refractivity contribution in [3.8, 4) is 16.9 Å². The van der Waals surface area contributed by atoms with Gasteiger partial charge in [0.1, 0.15) is 5.75 Å². The Morgan fingerprint density at radius 3 is 2.85 bits per heavy atom. The van der Waals surface area contributed by atoms with Gasteiger partial charge in [0.15, 0.2) is 0 Å². The molecular weight excluding hydrogens is 234 g/mol. The predicted octanol–water partition coefficient (Wildman–Crippen LogP) is 2.81. The average Bonchev–Trinajstić information content (AvgIpc) is 2.51. The van der Waals surface area contributed by atoms with E-state index in [0.717, 1.165) is 11.1 Å². The highest BCUT2D eigenvalue weighted by atomic mass is 79.9. The van der Waals surface area contributed by atoms with Crippen molar-refractivity contribution in [2.45, 2.75) is 0 Å². The molecule has 1 N–H and O–H groups in total. The van der Waals surface area contributed by atoms with Crippen LogP contribution < -0.4 is 0 Å². The van der Waals surface area contributed by atoms with Gasteiger partial charge in [-0.2, -0.15) is 0 Å². The van der Waals surface area contributed by atoms with Crippen LogP contribution in [0.4, 0.5) is 0 Å². The van der Waals surface area contributed by atoms with Gasteiger partial charge in [0.2, 0.25) is 4.67 Å². The number of aromatic nitrogens is 1. The summed E-state index contributed by atoms with van der Waals surface area (Å²) in [5.41, 5.74) is 1.70. The number of phenols is 1. The van der Waals surface area contributed by atoms with Gasteiger partial charge in [-0.15, -0.1) is 0 Å². The van der Waals surface area contributed by atoms with Crippen molar-refractivity contribution in [1.82, 2.24) is 5.16 Å². The molecule has 0 amide bonds. The summed E-state index contributed by atoms with van der Waals surface area (Å²) >= 11 is 3.22. The first-order chi connectivity index (χ1) is 6.27. The van der Waals surface area contributed by atoms with E-state index in [-0.39, 0.29) is 5.75 Å². The SMILES string of the molecule is Oc1cccc(-c2cnoc2Br)c1. The van der Waals surface area contributed by atoms with Gasteiger partial charge in [-0.05, 0) is 33.6 Å². The molecule has 13 heavy (non-hydrogen) atoms. The lowest BCUT2D eigenvalue weighted by atomic mass is 10.1. The molecule has 4 heteroatoms. The van der Waals surface area contributed by atoms with Crippen LogP contribution in [-0.2, 0) is 0 Å². The normalized spacial score (nSPS) is 10.2. The topological polar surface area (TPSA) is 46.3 Å². The Labute approximate surface area is 83.1 Å². The summed E-state index contributed by atoms with van der Waals surface area (Å²) in [7, 11) is 0. The summed E-state index contributed by atoms with van der Waals surface area (Å²) in [5, 5.41) is 12.9. The Bertz CT molecular complexity index is 425. The highest BCUT2D eigenvalue weighted by molar-refractivity contribution is 9.10. The minimum Gasteiger partial charge on any atom is -0.508 e. The fourth-order valence-corrected chi connectivity index (χ4v) is 1.50. The van der Waals surface area contributed by atoms with Crippen LogP contribution in [0, 0.1) is 0 Å². The first-order valence-electron chi connectivity index (χ1n) is 3.67. The van der Waals surface area contributed by atoms with E-state index >= 15 is 0 Å². The highest BCUT2D eigenvalue weighted by Gasteiger charge is 2.07. The lowest BCUT2D eigenvalue weighted by Crippen LogP contribution is -1.73. The van der Waals surface area contributed by atoms with Gasteiger partial charge in [-0.1, -0.05) is 17.3 Å². The second-order valence-corrected chi connectivity index (χ2v) is 3.28. The van der Waals surface area contributed by atoms with Crippen LogP contribution in [0.5, 0.6) is 5.75 Å². The summed E-state index contributed by atoms with van der Waals surface area (Å²) in [6.45, 7) is 0. The number of halogens is 1. The maximum absolute atomic E-state index is 9.24. The molecule has 0 aliphatic heterocycles. The van der Waals surface area contributed by atoms with Crippen LogP contribution in [0.15, 0.2) is 39.7 Å². The van der Waals surface area contributed by atoms with Gasteiger partial charge in [0.05, 0.1) is 11.8 Å². The van der Waals surface area contributed by atoms with Crippen LogP contribution >= 0.6 is 15.9 Å². The second kappa shape index (κ2) is 3.22. The maximum atomic E-state index is 9.24. The van der Waals surface area contributed by atoms with Gasteiger partial charge >= 0.3 is 0 Å². The molecule has 2 aromatic rings. The summed E-state index contributed by atoms with van der Waals surface area (Å²) in [5.74, 6) is 0.227. The summed E-state index contributed by atoms with van der Waals surface area (Å²) in [6.07, 6.45) is 1.60. The molecule has 0 unspecified atom stereocenters. The van der Waals surface area contributed by atoms with E-state index in [1.807, 2.05) is 6.07 Å². The fraction of sp³-hybridized carbons (Fsp3) is 0. The Hall–Kier alpha value is -1.29. The van der Waals surface area contributed by atoms with Crippen LogP contribution in [-0.4, -0.2) is 10.3 Å². The largest absolute Gasteiger partial charge is 0.508 e. The Kier molecular flexibility index (Phi) is 2.06. The van der Waals surface area contributed by atoms with Crippen molar-refractivity contribution in [3.63, 3.8) is 0 Å². The van der Waals surface area contributed by atoms with Crippen LogP contribution in [0.1, 0.15) is 0 Å². The molecule has 0 aliphatic rings. The third-order valence-corrected chi connectivity index (χ3v) is 2.26.